The summed E-state index contributed by atoms with van der Waals surface area (Å²) in [6.45, 7) is 3.77. The second kappa shape index (κ2) is 46.3. The van der Waals surface area contributed by atoms with Gasteiger partial charge in [0.25, 0.3) is 0 Å². The molecule has 0 aliphatic heterocycles. The normalized spacial score (nSPS) is 13.2. The smallest absolute Gasteiger partial charge is 0.462 e. The lowest BCUT2D eigenvalue weighted by Crippen LogP contribution is -2.29. The predicted octanol–water partition coefficient (Wildman–Crippen LogP) is 15.0. The molecule has 0 rings (SSSR count). The molecule has 0 aromatic rings. The standard InChI is InChI=1S/C49H96NO8P/c1-3-5-7-9-11-13-15-17-19-20-21-22-23-24-25-26-28-29-31-33-35-37-39-41-48(51)55-45-47(46-57-59(53,54)56-44-43-50)58-49(52)42-40-38-36-34-32-30-27-18-16-14-12-10-8-6-4-2/h18,27,47H,3-17,19-26,28-46,50H2,1-2H3,(H,53,54)/b27-18+/t47-/m0/s1. The molecule has 0 heterocycles. The molecule has 1 unspecified atom stereocenters. The molecule has 0 saturated heterocycles. The van der Waals surface area contributed by atoms with Gasteiger partial charge in [0.2, 0.25) is 0 Å². The average molecular weight is 858 g/mol. The highest BCUT2D eigenvalue weighted by Crippen LogP contribution is 2.43. The van der Waals surface area contributed by atoms with Crippen molar-refractivity contribution in [2.75, 3.05) is 26.4 Å². The minimum absolute atomic E-state index is 0.0550. The molecule has 3 N–H and O–H groups in total. The largest absolute Gasteiger partial charge is 0.472 e. The van der Waals surface area contributed by atoms with Gasteiger partial charge in [-0.3, -0.25) is 18.6 Å². The molecule has 0 aromatic heterocycles. The molecule has 10 heteroatoms. The summed E-state index contributed by atoms with van der Waals surface area (Å²) in [6, 6.07) is 0. The molecule has 59 heavy (non-hydrogen) atoms. The maximum absolute atomic E-state index is 12.6. The Morgan fingerprint density at radius 3 is 1.20 bits per heavy atom. The van der Waals surface area contributed by atoms with Gasteiger partial charge in [0, 0.05) is 19.4 Å². The molecule has 0 radical (unpaired) electrons. The number of nitrogens with two attached hydrogens (primary N) is 1. The van der Waals surface area contributed by atoms with Gasteiger partial charge in [-0.15, -0.1) is 0 Å². The fraction of sp³-hybridized carbons (Fsp3) is 0.918. The lowest BCUT2D eigenvalue weighted by Gasteiger charge is -2.19. The minimum Gasteiger partial charge on any atom is -0.462 e. The number of unbranched alkanes of at least 4 members (excludes halogenated alkanes) is 33. The number of rotatable bonds is 48. The van der Waals surface area contributed by atoms with Gasteiger partial charge in [-0.2, -0.15) is 0 Å². The molecule has 0 aliphatic rings. The average Bonchev–Trinajstić information content (AvgIpc) is 3.22. The van der Waals surface area contributed by atoms with E-state index < -0.39 is 26.5 Å². The molecule has 350 valence electrons. The molecule has 0 aromatic carbocycles. The number of phosphoric acid groups is 1. The quantitative estimate of drug-likeness (QED) is 0.0265. The molecular formula is C49H96NO8P. The van der Waals surface area contributed by atoms with E-state index in [2.05, 4.69) is 26.0 Å². The van der Waals surface area contributed by atoms with E-state index in [-0.39, 0.29) is 38.6 Å². The van der Waals surface area contributed by atoms with Crippen molar-refractivity contribution in [3.8, 4) is 0 Å². The number of phosphoric ester groups is 1. The zero-order valence-corrected chi connectivity index (χ0v) is 39.7. The Balaban J connectivity index is 3.98. The molecular weight excluding hydrogens is 762 g/mol. The van der Waals surface area contributed by atoms with Gasteiger partial charge >= 0.3 is 19.8 Å². The number of ether oxygens (including phenoxy) is 2. The maximum Gasteiger partial charge on any atom is 0.472 e. The highest BCUT2D eigenvalue weighted by atomic mass is 31.2. The number of hydrogen-bond acceptors (Lipinski definition) is 8. The van der Waals surface area contributed by atoms with Crippen molar-refractivity contribution in [3.05, 3.63) is 12.2 Å². The van der Waals surface area contributed by atoms with Crippen LogP contribution in [0, 0.1) is 0 Å². The highest BCUT2D eigenvalue weighted by molar-refractivity contribution is 7.47. The van der Waals surface area contributed by atoms with E-state index in [1.54, 1.807) is 0 Å². The molecule has 9 nitrogen and oxygen atoms in total. The van der Waals surface area contributed by atoms with Crippen molar-refractivity contribution in [1.29, 1.82) is 0 Å². The van der Waals surface area contributed by atoms with Crippen LogP contribution in [0.25, 0.3) is 0 Å². The third kappa shape index (κ3) is 46.1. The lowest BCUT2D eigenvalue weighted by atomic mass is 10.0. The van der Waals surface area contributed by atoms with Crippen LogP contribution >= 0.6 is 7.82 Å². The number of allylic oxidation sites excluding steroid dienone is 2. The summed E-state index contributed by atoms with van der Waals surface area (Å²) in [5.74, 6) is -0.823. The van der Waals surface area contributed by atoms with Crippen LogP contribution in [0.5, 0.6) is 0 Å². The predicted molar refractivity (Wildman–Crippen MR) is 248 cm³/mol. The van der Waals surface area contributed by atoms with Crippen molar-refractivity contribution in [2.45, 2.75) is 264 Å². The van der Waals surface area contributed by atoms with Gasteiger partial charge in [0.15, 0.2) is 6.10 Å². The van der Waals surface area contributed by atoms with Gasteiger partial charge < -0.3 is 20.1 Å². The molecule has 0 amide bonds. The molecule has 2 atom stereocenters. The van der Waals surface area contributed by atoms with Crippen molar-refractivity contribution in [1.82, 2.24) is 0 Å². The zero-order chi connectivity index (χ0) is 43.2. The Hall–Kier alpha value is -1.25. The summed E-state index contributed by atoms with van der Waals surface area (Å²) in [6.07, 6.45) is 49.7. The maximum atomic E-state index is 12.6. The Morgan fingerprint density at radius 1 is 0.492 bits per heavy atom. The van der Waals surface area contributed by atoms with E-state index in [4.69, 9.17) is 24.3 Å². The van der Waals surface area contributed by atoms with Crippen LogP contribution in [0.15, 0.2) is 12.2 Å². The SMILES string of the molecule is CCCCCCCC/C=C/CCCCCCCC(=O)O[C@@H](COC(=O)CCCCCCCCCCCCCCCCCCCCCCCCC)COP(=O)(O)OCCN. The fourth-order valence-corrected chi connectivity index (χ4v) is 8.16. The topological polar surface area (TPSA) is 134 Å². The number of hydrogen-bond donors (Lipinski definition) is 2. The summed E-state index contributed by atoms with van der Waals surface area (Å²) in [7, 11) is -4.38. The monoisotopic (exact) mass is 858 g/mol. The summed E-state index contributed by atoms with van der Waals surface area (Å²) >= 11 is 0. The van der Waals surface area contributed by atoms with Crippen LogP contribution in [0.2, 0.25) is 0 Å². The van der Waals surface area contributed by atoms with Crippen LogP contribution < -0.4 is 5.73 Å². The number of carbonyl (C=O) groups excluding carboxylic acids is 2. The van der Waals surface area contributed by atoms with Crippen LogP contribution in [-0.4, -0.2) is 49.3 Å². The van der Waals surface area contributed by atoms with Crippen molar-refractivity contribution in [3.63, 3.8) is 0 Å². The zero-order valence-electron chi connectivity index (χ0n) is 38.8. The van der Waals surface area contributed by atoms with E-state index in [0.29, 0.717) is 6.42 Å². The Labute approximate surface area is 364 Å². The van der Waals surface area contributed by atoms with E-state index >= 15 is 0 Å². The van der Waals surface area contributed by atoms with Crippen LogP contribution in [0.3, 0.4) is 0 Å². The van der Waals surface area contributed by atoms with Crippen LogP contribution in [-0.2, 0) is 32.7 Å². The number of carbonyl (C=O) groups is 2. The van der Waals surface area contributed by atoms with Gasteiger partial charge in [-0.25, -0.2) is 4.57 Å². The van der Waals surface area contributed by atoms with E-state index in [1.807, 2.05) is 0 Å². The van der Waals surface area contributed by atoms with Crippen molar-refractivity contribution < 1.29 is 37.6 Å². The second-order valence-corrected chi connectivity index (χ2v) is 18.5. The summed E-state index contributed by atoms with van der Waals surface area (Å²) in [5, 5.41) is 0. The Bertz CT molecular complexity index is 980. The fourth-order valence-electron chi connectivity index (χ4n) is 7.40. The molecule has 0 aliphatic carbocycles. The summed E-state index contributed by atoms with van der Waals surface area (Å²) in [5.41, 5.74) is 5.36. The molecule has 0 saturated carbocycles. The van der Waals surface area contributed by atoms with Gasteiger partial charge in [-0.05, 0) is 38.5 Å². The first-order valence-electron chi connectivity index (χ1n) is 25.2. The summed E-state index contributed by atoms with van der Waals surface area (Å²) in [4.78, 5) is 35.0. The van der Waals surface area contributed by atoms with Crippen LogP contribution in [0.1, 0.15) is 258 Å². The third-order valence-electron chi connectivity index (χ3n) is 11.2. The lowest BCUT2D eigenvalue weighted by molar-refractivity contribution is -0.161. The second-order valence-electron chi connectivity index (χ2n) is 17.0. The van der Waals surface area contributed by atoms with Crippen LogP contribution in [0.4, 0.5) is 0 Å². The van der Waals surface area contributed by atoms with Gasteiger partial charge in [0.1, 0.15) is 6.61 Å². The van der Waals surface area contributed by atoms with E-state index in [9.17, 15) is 19.0 Å². The van der Waals surface area contributed by atoms with Crippen molar-refractivity contribution >= 4 is 19.8 Å². The first-order chi connectivity index (χ1) is 28.8. The van der Waals surface area contributed by atoms with Gasteiger partial charge in [-0.1, -0.05) is 219 Å². The Kier molecular flexibility index (Phi) is 45.3. The number of esters is 2. The summed E-state index contributed by atoms with van der Waals surface area (Å²) < 4.78 is 32.9. The highest BCUT2D eigenvalue weighted by Gasteiger charge is 2.26. The first kappa shape index (κ1) is 57.8. The van der Waals surface area contributed by atoms with E-state index in [0.717, 1.165) is 51.4 Å². The Morgan fingerprint density at radius 2 is 0.831 bits per heavy atom. The van der Waals surface area contributed by atoms with Gasteiger partial charge in [0.05, 0.1) is 13.2 Å². The molecule has 0 bridgehead atoms. The molecule has 0 fully saturated rings. The first-order valence-corrected chi connectivity index (χ1v) is 26.7. The van der Waals surface area contributed by atoms with E-state index in [1.165, 1.54) is 173 Å². The third-order valence-corrected chi connectivity index (χ3v) is 12.1. The molecule has 0 spiro atoms. The van der Waals surface area contributed by atoms with Crippen molar-refractivity contribution in [2.24, 2.45) is 5.73 Å². The minimum atomic E-state index is -4.38.